The second-order valence-electron chi connectivity index (χ2n) is 5.18. The van der Waals surface area contributed by atoms with Crippen LogP contribution in [-0.2, 0) is 9.59 Å². The number of carbonyl (C=O) groups is 2. The van der Waals surface area contributed by atoms with Crippen LogP contribution < -0.4 is 0 Å². The highest BCUT2D eigenvalue weighted by Gasteiger charge is 2.31. The molecule has 0 atom stereocenters. The van der Waals surface area contributed by atoms with E-state index in [4.69, 9.17) is 17.3 Å². The molecule has 2 rings (SSSR count). The molecule has 116 valence electrons. The van der Waals surface area contributed by atoms with Gasteiger partial charge in [0.25, 0.3) is 5.91 Å². The number of carboxylic acids is 1. The fourth-order valence-electron chi connectivity index (χ4n) is 2.37. The van der Waals surface area contributed by atoms with Crippen LogP contribution in [0.4, 0.5) is 0 Å². The second-order valence-corrected chi connectivity index (χ2v) is 8.08. The molecule has 0 aromatic heterocycles. The third-order valence-corrected chi connectivity index (χ3v) is 6.10. The molecule has 4 nitrogen and oxygen atoms in total. The molecule has 0 radical (unpaired) electrons. The molecule has 0 unspecified atom stereocenters. The molecule has 2 aliphatic heterocycles. The van der Waals surface area contributed by atoms with Crippen molar-refractivity contribution in [2.24, 2.45) is 5.92 Å². The smallest absolute Gasteiger partial charge is 0.303 e. The van der Waals surface area contributed by atoms with Gasteiger partial charge in [-0.2, -0.15) is 11.8 Å². The van der Waals surface area contributed by atoms with Gasteiger partial charge in [0.15, 0.2) is 0 Å². The molecule has 0 aromatic rings. The molecule has 0 aromatic carbocycles. The lowest BCUT2D eigenvalue weighted by Gasteiger charge is -2.19. The van der Waals surface area contributed by atoms with Crippen molar-refractivity contribution in [1.29, 1.82) is 0 Å². The topological polar surface area (TPSA) is 57.6 Å². The van der Waals surface area contributed by atoms with E-state index in [1.54, 1.807) is 0 Å². The summed E-state index contributed by atoms with van der Waals surface area (Å²) >= 11 is 8.57. The van der Waals surface area contributed by atoms with E-state index in [0.717, 1.165) is 6.42 Å². The molecular weight excluding hydrogens is 326 g/mol. The number of carboxylic acid groups (broad SMARTS) is 1. The summed E-state index contributed by atoms with van der Waals surface area (Å²) in [5.41, 5.74) is 0. The van der Waals surface area contributed by atoms with Gasteiger partial charge in [0.05, 0.1) is 4.91 Å². The summed E-state index contributed by atoms with van der Waals surface area (Å²) in [6.07, 6.45) is 5.92. The van der Waals surface area contributed by atoms with Crippen LogP contribution in [0, 0.1) is 5.92 Å². The summed E-state index contributed by atoms with van der Waals surface area (Å²) in [5, 5.41) is 8.65. The van der Waals surface area contributed by atoms with Gasteiger partial charge < -0.3 is 5.11 Å². The third-order valence-electron chi connectivity index (χ3n) is 3.62. The van der Waals surface area contributed by atoms with Crippen molar-refractivity contribution < 1.29 is 14.7 Å². The summed E-state index contributed by atoms with van der Waals surface area (Å²) in [5.74, 6) is 2.22. The number of hydrogen-bond donors (Lipinski definition) is 1. The van der Waals surface area contributed by atoms with Gasteiger partial charge in [-0.3, -0.25) is 14.5 Å². The maximum absolute atomic E-state index is 12.3. The molecule has 7 heteroatoms. The number of amides is 1. The monoisotopic (exact) mass is 345 g/mol. The maximum Gasteiger partial charge on any atom is 0.303 e. The molecule has 0 saturated carbocycles. The van der Waals surface area contributed by atoms with Crippen LogP contribution in [0.2, 0.25) is 0 Å². The predicted molar refractivity (Wildman–Crippen MR) is 91.5 cm³/mol. The number of carbonyl (C=O) groups excluding carboxylic acids is 1. The van der Waals surface area contributed by atoms with Crippen molar-refractivity contribution >= 4 is 51.9 Å². The summed E-state index contributed by atoms with van der Waals surface area (Å²) < 4.78 is 0.552. The van der Waals surface area contributed by atoms with Crippen molar-refractivity contribution in [2.45, 2.75) is 32.1 Å². The standard InChI is InChI=1S/C14H19NO3S3/c16-12(17)2-1-7-15-13(18)11(21-14(15)19)4-3-10-5-8-20-9-6-10/h4,10H,1-3,5-9H2,(H,16,17)/b11-4+. The van der Waals surface area contributed by atoms with Gasteiger partial charge in [-0.15, -0.1) is 0 Å². The summed E-state index contributed by atoms with van der Waals surface area (Å²) in [7, 11) is 0. The van der Waals surface area contributed by atoms with Crippen molar-refractivity contribution in [3.05, 3.63) is 11.0 Å². The fourth-order valence-corrected chi connectivity index (χ4v) is 4.87. The minimum Gasteiger partial charge on any atom is -0.481 e. The van der Waals surface area contributed by atoms with Crippen LogP contribution in [0.15, 0.2) is 11.0 Å². The first-order valence-electron chi connectivity index (χ1n) is 7.11. The Morgan fingerprint density at radius 3 is 2.81 bits per heavy atom. The number of hydrogen-bond acceptors (Lipinski definition) is 5. The van der Waals surface area contributed by atoms with Gasteiger partial charge in [0, 0.05) is 13.0 Å². The SMILES string of the molecule is O=C(O)CCCN1C(=O)/C(=C\CC2CCSCC2)SC1=S. The zero-order valence-corrected chi connectivity index (χ0v) is 14.2. The highest BCUT2D eigenvalue weighted by molar-refractivity contribution is 8.26. The Morgan fingerprint density at radius 1 is 1.43 bits per heavy atom. The first-order chi connectivity index (χ1) is 10.1. The number of thioether (sulfide) groups is 2. The van der Waals surface area contributed by atoms with E-state index in [2.05, 4.69) is 0 Å². The quantitative estimate of drug-likeness (QED) is 0.589. The fraction of sp³-hybridized carbons (Fsp3) is 0.643. The Morgan fingerprint density at radius 2 is 2.14 bits per heavy atom. The molecule has 2 saturated heterocycles. The third kappa shape index (κ3) is 5.00. The molecule has 2 heterocycles. The van der Waals surface area contributed by atoms with Crippen LogP contribution >= 0.6 is 35.7 Å². The van der Waals surface area contributed by atoms with Gasteiger partial charge in [0.1, 0.15) is 4.32 Å². The number of nitrogens with zero attached hydrogens (tertiary/aromatic N) is 1. The van der Waals surface area contributed by atoms with Gasteiger partial charge >= 0.3 is 5.97 Å². The molecule has 0 spiro atoms. The Labute approximate surface area is 138 Å². The molecular formula is C14H19NO3S3. The molecule has 2 fully saturated rings. The molecule has 0 bridgehead atoms. The van der Waals surface area contributed by atoms with E-state index in [9.17, 15) is 9.59 Å². The van der Waals surface area contributed by atoms with Crippen molar-refractivity contribution in [2.75, 3.05) is 18.1 Å². The Bertz CT molecular complexity index is 458. The normalized spacial score (nSPS) is 22.3. The van der Waals surface area contributed by atoms with Crippen molar-refractivity contribution in [3.63, 3.8) is 0 Å². The summed E-state index contributed by atoms with van der Waals surface area (Å²) in [6, 6.07) is 0. The van der Waals surface area contributed by atoms with Gasteiger partial charge in [-0.05, 0) is 43.1 Å². The average Bonchev–Trinajstić information content (AvgIpc) is 2.73. The van der Waals surface area contributed by atoms with Crippen molar-refractivity contribution in [1.82, 2.24) is 4.90 Å². The minimum absolute atomic E-state index is 0.0550. The van der Waals surface area contributed by atoms with Crippen LogP contribution in [0.3, 0.4) is 0 Å². The van der Waals surface area contributed by atoms with Crippen LogP contribution in [-0.4, -0.2) is 44.3 Å². The van der Waals surface area contributed by atoms with Crippen LogP contribution in [0.1, 0.15) is 32.1 Å². The highest BCUT2D eigenvalue weighted by Crippen LogP contribution is 2.33. The maximum atomic E-state index is 12.3. The number of aliphatic carboxylic acids is 1. The van der Waals surface area contributed by atoms with E-state index < -0.39 is 5.97 Å². The first-order valence-corrected chi connectivity index (χ1v) is 9.49. The minimum atomic E-state index is -0.842. The lowest BCUT2D eigenvalue weighted by atomic mass is 9.99. The van der Waals surface area contributed by atoms with E-state index in [-0.39, 0.29) is 12.3 Å². The van der Waals surface area contributed by atoms with E-state index >= 15 is 0 Å². The number of thiocarbonyl (C=S) groups is 1. The number of allylic oxidation sites excluding steroid dienone is 1. The molecule has 0 aliphatic carbocycles. The average molecular weight is 346 g/mol. The van der Waals surface area contributed by atoms with Crippen LogP contribution in [0.25, 0.3) is 0 Å². The number of rotatable bonds is 6. The van der Waals surface area contributed by atoms with E-state index in [1.807, 2.05) is 17.8 Å². The largest absolute Gasteiger partial charge is 0.481 e. The Balaban J connectivity index is 1.86. The summed E-state index contributed by atoms with van der Waals surface area (Å²) in [6.45, 7) is 0.397. The lowest BCUT2D eigenvalue weighted by Crippen LogP contribution is -2.29. The van der Waals surface area contributed by atoms with Crippen molar-refractivity contribution in [3.8, 4) is 0 Å². The molecule has 21 heavy (non-hydrogen) atoms. The van der Waals surface area contributed by atoms with Gasteiger partial charge in [-0.1, -0.05) is 30.1 Å². The Hall–Kier alpha value is -0.530. The Kier molecular flexibility index (Phi) is 6.57. The van der Waals surface area contributed by atoms with Gasteiger partial charge in [0.2, 0.25) is 0 Å². The van der Waals surface area contributed by atoms with E-state index in [0.29, 0.717) is 28.1 Å². The zero-order chi connectivity index (χ0) is 15.2. The second kappa shape index (κ2) is 8.19. The predicted octanol–water partition coefficient (Wildman–Crippen LogP) is 3.13. The van der Waals surface area contributed by atoms with Crippen LogP contribution in [0.5, 0.6) is 0 Å². The highest BCUT2D eigenvalue weighted by atomic mass is 32.2. The first kappa shape index (κ1) is 16.8. The summed E-state index contributed by atoms with van der Waals surface area (Å²) in [4.78, 5) is 25.0. The molecule has 1 amide bonds. The molecule has 1 N–H and O–H groups in total. The molecule has 2 aliphatic rings. The zero-order valence-electron chi connectivity index (χ0n) is 11.7. The van der Waals surface area contributed by atoms with Gasteiger partial charge in [-0.25, -0.2) is 0 Å². The van der Waals surface area contributed by atoms with E-state index in [1.165, 1.54) is 41.0 Å². The lowest BCUT2D eigenvalue weighted by molar-refractivity contribution is -0.137.